The van der Waals surface area contributed by atoms with Gasteiger partial charge in [0.05, 0.1) is 11.7 Å². The van der Waals surface area contributed by atoms with Gasteiger partial charge in [-0.3, -0.25) is 0 Å². The molecular formula is C13H20O2. The van der Waals surface area contributed by atoms with Gasteiger partial charge in [-0.15, -0.1) is 0 Å². The van der Waals surface area contributed by atoms with E-state index in [4.69, 9.17) is 4.74 Å². The molecule has 0 aliphatic heterocycles. The van der Waals surface area contributed by atoms with Gasteiger partial charge in [-0.1, -0.05) is 19.1 Å². The molecule has 1 rings (SSSR count). The summed E-state index contributed by atoms with van der Waals surface area (Å²) in [5.41, 5.74) is 0.138. The number of hydrogen-bond acceptors (Lipinski definition) is 2. The third kappa shape index (κ3) is 3.24. The molecule has 1 aromatic carbocycles. The largest absolute Gasteiger partial charge is 0.491 e. The van der Waals surface area contributed by atoms with E-state index in [1.54, 1.807) is 0 Å². The van der Waals surface area contributed by atoms with E-state index in [0.29, 0.717) is 6.42 Å². The minimum Gasteiger partial charge on any atom is -0.491 e. The van der Waals surface area contributed by atoms with Gasteiger partial charge >= 0.3 is 0 Å². The Balaban J connectivity index is 2.92. The second kappa shape index (κ2) is 4.67. The van der Waals surface area contributed by atoms with Crippen LogP contribution in [0, 0.1) is 0 Å². The Labute approximate surface area is 91.9 Å². The lowest BCUT2D eigenvalue weighted by Gasteiger charge is -2.22. The molecule has 1 aromatic rings. The van der Waals surface area contributed by atoms with Gasteiger partial charge in [0.1, 0.15) is 5.75 Å². The van der Waals surface area contributed by atoms with Crippen LogP contribution in [0.4, 0.5) is 0 Å². The summed E-state index contributed by atoms with van der Waals surface area (Å²) in [5, 5.41) is 10.1. The molecule has 1 atom stereocenters. The molecule has 0 aliphatic carbocycles. The predicted molar refractivity (Wildman–Crippen MR) is 62.1 cm³/mol. The molecule has 0 fully saturated rings. The zero-order valence-corrected chi connectivity index (χ0v) is 9.95. The van der Waals surface area contributed by atoms with Crippen molar-refractivity contribution in [1.29, 1.82) is 0 Å². The molecule has 0 unspecified atom stereocenters. The lowest BCUT2D eigenvalue weighted by Crippen LogP contribution is -2.19. The first kappa shape index (κ1) is 12.1. The molecule has 0 heterocycles. The van der Waals surface area contributed by atoms with Crippen LogP contribution in [-0.2, 0) is 5.60 Å². The standard InChI is InChI=1S/C13H20O2/c1-5-13(4,14)11-7-6-8-12(9-11)15-10(2)3/h6-10,14H,5H2,1-4H3/t13-/m1/s1. The van der Waals surface area contributed by atoms with E-state index in [-0.39, 0.29) is 6.10 Å². The average Bonchev–Trinajstić information content (AvgIpc) is 2.17. The van der Waals surface area contributed by atoms with E-state index in [0.717, 1.165) is 11.3 Å². The quantitative estimate of drug-likeness (QED) is 0.824. The number of rotatable bonds is 4. The van der Waals surface area contributed by atoms with Crippen LogP contribution >= 0.6 is 0 Å². The third-order valence-corrected chi connectivity index (χ3v) is 2.52. The second-order valence-corrected chi connectivity index (χ2v) is 4.32. The van der Waals surface area contributed by atoms with Gasteiger partial charge in [0.15, 0.2) is 0 Å². The highest BCUT2D eigenvalue weighted by molar-refractivity contribution is 5.32. The summed E-state index contributed by atoms with van der Waals surface area (Å²) in [5.74, 6) is 0.816. The molecule has 2 heteroatoms. The molecule has 0 saturated carbocycles. The van der Waals surface area contributed by atoms with Crippen molar-refractivity contribution >= 4 is 0 Å². The molecule has 1 N–H and O–H groups in total. The van der Waals surface area contributed by atoms with Crippen LogP contribution < -0.4 is 4.74 Å². The lowest BCUT2D eigenvalue weighted by molar-refractivity contribution is 0.0527. The van der Waals surface area contributed by atoms with Crippen LogP contribution in [0.25, 0.3) is 0 Å². The van der Waals surface area contributed by atoms with Crippen LogP contribution in [0.5, 0.6) is 5.75 Å². The SMILES string of the molecule is CC[C@@](C)(O)c1cccc(OC(C)C)c1. The maximum atomic E-state index is 10.1. The zero-order valence-electron chi connectivity index (χ0n) is 9.95. The van der Waals surface area contributed by atoms with Crippen molar-refractivity contribution in [3.05, 3.63) is 29.8 Å². The van der Waals surface area contributed by atoms with Crippen molar-refractivity contribution in [3.63, 3.8) is 0 Å². The Kier molecular flexibility index (Phi) is 3.75. The highest BCUT2D eigenvalue weighted by Gasteiger charge is 2.20. The number of hydrogen-bond donors (Lipinski definition) is 1. The smallest absolute Gasteiger partial charge is 0.120 e. The molecule has 0 amide bonds. The summed E-state index contributed by atoms with van der Waals surface area (Å²) in [6.07, 6.45) is 0.852. The van der Waals surface area contributed by atoms with Gasteiger partial charge in [-0.05, 0) is 44.9 Å². The van der Waals surface area contributed by atoms with E-state index >= 15 is 0 Å². The fourth-order valence-corrected chi connectivity index (χ4v) is 1.38. The van der Waals surface area contributed by atoms with Crippen LogP contribution in [-0.4, -0.2) is 11.2 Å². The lowest BCUT2D eigenvalue weighted by atomic mass is 9.93. The molecule has 0 aromatic heterocycles. The van der Waals surface area contributed by atoms with Gasteiger partial charge in [0, 0.05) is 0 Å². The topological polar surface area (TPSA) is 29.5 Å². The molecule has 2 nitrogen and oxygen atoms in total. The van der Waals surface area contributed by atoms with E-state index in [2.05, 4.69) is 0 Å². The van der Waals surface area contributed by atoms with Crippen LogP contribution in [0.3, 0.4) is 0 Å². The van der Waals surface area contributed by atoms with Crippen molar-refractivity contribution in [2.45, 2.75) is 45.8 Å². The molecule has 0 radical (unpaired) electrons. The van der Waals surface area contributed by atoms with Crippen molar-refractivity contribution in [1.82, 2.24) is 0 Å². The molecule has 15 heavy (non-hydrogen) atoms. The highest BCUT2D eigenvalue weighted by atomic mass is 16.5. The first-order chi connectivity index (χ1) is 6.95. The van der Waals surface area contributed by atoms with Gasteiger partial charge < -0.3 is 9.84 Å². The van der Waals surface area contributed by atoms with Gasteiger partial charge in [0.2, 0.25) is 0 Å². The average molecular weight is 208 g/mol. The van der Waals surface area contributed by atoms with Crippen molar-refractivity contribution in [2.75, 3.05) is 0 Å². The minimum atomic E-state index is -0.768. The number of aliphatic hydroxyl groups is 1. The summed E-state index contributed by atoms with van der Waals surface area (Å²) in [7, 11) is 0. The Morgan fingerprint density at radius 1 is 1.40 bits per heavy atom. The van der Waals surface area contributed by atoms with Crippen molar-refractivity contribution in [2.24, 2.45) is 0 Å². The predicted octanol–water partition coefficient (Wildman–Crippen LogP) is 3.09. The Bertz CT molecular complexity index is 316. The summed E-state index contributed by atoms with van der Waals surface area (Å²) < 4.78 is 5.58. The van der Waals surface area contributed by atoms with E-state index in [1.807, 2.05) is 52.0 Å². The van der Waals surface area contributed by atoms with Crippen molar-refractivity contribution in [3.8, 4) is 5.75 Å². The zero-order chi connectivity index (χ0) is 11.5. The molecular weight excluding hydrogens is 188 g/mol. The Morgan fingerprint density at radius 3 is 2.60 bits per heavy atom. The van der Waals surface area contributed by atoms with Gasteiger partial charge in [-0.2, -0.15) is 0 Å². The highest BCUT2D eigenvalue weighted by Crippen LogP contribution is 2.27. The van der Waals surface area contributed by atoms with E-state index in [9.17, 15) is 5.11 Å². The summed E-state index contributed by atoms with van der Waals surface area (Å²) in [6.45, 7) is 7.77. The summed E-state index contributed by atoms with van der Waals surface area (Å²) in [4.78, 5) is 0. The van der Waals surface area contributed by atoms with Gasteiger partial charge in [0.25, 0.3) is 0 Å². The first-order valence-electron chi connectivity index (χ1n) is 5.45. The maximum absolute atomic E-state index is 10.1. The van der Waals surface area contributed by atoms with Crippen LogP contribution in [0.2, 0.25) is 0 Å². The minimum absolute atomic E-state index is 0.159. The molecule has 0 saturated heterocycles. The maximum Gasteiger partial charge on any atom is 0.120 e. The summed E-state index contributed by atoms with van der Waals surface area (Å²) >= 11 is 0. The normalized spacial score (nSPS) is 15.1. The third-order valence-electron chi connectivity index (χ3n) is 2.52. The van der Waals surface area contributed by atoms with Crippen LogP contribution in [0.1, 0.15) is 39.7 Å². The van der Waals surface area contributed by atoms with Gasteiger partial charge in [-0.25, -0.2) is 0 Å². The van der Waals surface area contributed by atoms with Crippen LogP contribution in [0.15, 0.2) is 24.3 Å². The first-order valence-corrected chi connectivity index (χ1v) is 5.45. The van der Waals surface area contributed by atoms with E-state index < -0.39 is 5.60 Å². The number of benzene rings is 1. The van der Waals surface area contributed by atoms with Crippen molar-refractivity contribution < 1.29 is 9.84 Å². The Morgan fingerprint density at radius 2 is 2.07 bits per heavy atom. The molecule has 0 spiro atoms. The fourth-order valence-electron chi connectivity index (χ4n) is 1.38. The monoisotopic (exact) mass is 208 g/mol. The fraction of sp³-hybridized carbons (Fsp3) is 0.538. The summed E-state index contributed by atoms with van der Waals surface area (Å²) in [6, 6.07) is 7.66. The Hall–Kier alpha value is -1.02. The molecule has 0 aliphatic rings. The second-order valence-electron chi connectivity index (χ2n) is 4.32. The molecule has 0 bridgehead atoms. The molecule has 84 valence electrons. The van der Waals surface area contributed by atoms with E-state index in [1.165, 1.54) is 0 Å². The number of ether oxygens (including phenoxy) is 1.